The molecule has 2 heterocycles. The van der Waals surface area contributed by atoms with Crippen molar-refractivity contribution in [1.29, 1.82) is 0 Å². The molecule has 0 unspecified atom stereocenters. The molecule has 1 aromatic carbocycles. The van der Waals surface area contributed by atoms with Crippen molar-refractivity contribution in [2.75, 3.05) is 19.3 Å². The average molecular weight is 391 g/mol. The van der Waals surface area contributed by atoms with Gasteiger partial charge < -0.3 is 14.7 Å². The lowest BCUT2D eigenvalue weighted by Gasteiger charge is -2.33. The normalized spacial score (nSPS) is 16.2. The molecule has 1 amide bonds. The van der Waals surface area contributed by atoms with Crippen molar-refractivity contribution in [2.45, 2.75) is 30.8 Å². The first-order valence-electron chi connectivity index (χ1n) is 8.78. The molecule has 1 aliphatic rings. The summed E-state index contributed by atoms with van der Waals surface area (Å²) in [5, 5.41) is 9.02. The Morgan fingerprint density at radius 3 is 2.63 bits per heavy atom. The van der Waals surface area contributed by atoms with Crippen molar-refractivity contribution in [3.63, 3.8) is 0 Å². The SMILES string of the molecule is CSc1ccc(-c2cnc(O[C@@H](C)C3CCN(C(=O)O)CC3)cn2)c(F)c1. The number of hydrogen-bond donors (Lipinski definition) is 1. The van der Waals surface area contributed by atoms with E-state index in [1.165, 1.54) is 35.1 Å². The van der Waals surface area contributed by atoms with Crippen molar-refractivity contribution < 1.29 is 19.0 Å². The fourth-order valence-electron chi connectivity index (χ4n) is 3.19. The Morgan fingerprint density at radius 1 is 1.33 bits per heavy atom. The number of rotatable bonds is 5. The highest BCUT2D eigenvalue weighted by Crippen LogP contribution is 2.27. The summed E-state index contributed by atoms with van der Waals surface area (Å²) in [5.74, 6) is 0.315. The van der Waals surface area contributed by atoms with Crippen molar-refractivity contribution in [2.24, 2.45) is 5.92 Å². The summed E-state index contributed by atoms with van der Waals surface area (Å²) < 4.78 is 20.1. The highest BCUT2D eigenvalue weighted by atomic mass is 32.2. The number of halogens is 1. The number of hydrogen-bond acceptors (Lipinski definition) is 5. The van der Waals surface area contributed by atoms with Crippen molar-refractivity contribution in [3.8, 4) is 17.1 Å². The second-order valence-electron chi connectivity index (χ2n) is 6.52. The zero-order chi connectivity index (χ0) is 19.4. The maximum absolute atomic E-state index is 14.2. The number of piperidine rings is 1. The number of likely N-dealkylation sites (tertiary alicyclic amines) is 1. The zero-order valence-corrected chi connectivity index (χ0v) is 16.1. The molecule has 27 heavy (non-hydrogen) atoms. The molecule has 6 nitrogen and oxygen atoms in total. The van der Waals surface area contributed by atoms with Gasteiger partial charge in [-0.25, -0.2) is 19.2 Å². The van der Waals surface area contributed by atoms with Gasteiger partial charge >= 0.3 is 6.09 Å². The second-order valence-corrected chi connectivity index (χ2v) is 7.40. The maximum atomic E-state index is 14.2. The minimum atomic E-state index is -0.874. The van der Waals surface area contributed by atoms with Gasteiger partial charge in [-0.1, -0.05) is 0 Å². The van der Waals surface area contributed by atoms with E-state index in [9.17, 15) is 9.18 Å². The van der Waals surface area contributed by atoms with Gasteiger partial charge in [0, 0.05) is 23.5 Å². The second kappa shape index (κ2) is 8.56. The van der Waals surface area contributed by atoms with Crippen LogP contribution in [0.15, 0.2) is 35.5 Å². The number of benzene rings is 1. The van der Waals surface area contributed by atoms with Crippen LogP contribution in [0, 0.1) is 11.7 Å². The molecule has 3 rings (SSSR count). The molecule has 144 valence electrons. The Kier molecular flexibility index (Phi) is 6.15. The highest BCUT2D eigenvalue weighted by Gasteiger charge is 2.27. The molecule has 0 radical (unpaired) electrons. The van der Waals surface area contributed by atoms with E-state index >= 15 is 0 Å². The number of aromatic nitrogens is 2. The standard InChI is InChI=1S/C19H22FN3O3S/c1-12(13-5-7-23(8-6-13)19(24)25)26-18-11-21-17(10-22-18)15-4-3-14(27-2)9-16(15)20/h3-4,9-13H,5-8H2,1-2H3,(H,24,25)/t12-/m0/s1. The Bertz CT molecular complexity index is 795. The van der Waals surface area contributed by atoms with Crippen LogP contribution in [-0.2, 0) is 0 Å². The quantitative estimate of drug-likeness (QED) is 0.772. The van der Waals surface area contributed by atoms with Gasteiger partial charge in [0.1, 0.15) is 11.9 Å². The number of carbonyl (C=O) groups is 1. The number of amides is 1. The van der Waals surface area contributed by atoms with Gasteiger partial charge in [-0.15, -0.1) is 11.8 Å². The molecule has 1 saturated heterocycles. The van der Waals surface area contributed by atoms with Gasteiger partial charge in [-0.2, -0.15) is 0 Å². The molecule has 0 spiro atoms. The summed E-state index contributed by atoms with van der Waals surface area (Å²) in [4.78, 5) is 21.8. The van der Waals surface area contributed by atoms with E-state index in [0.717, 1.165) is 17.7 Å². The number of nitrogens with zero attached hydrogens (tertiary/aromatic N) is 3. The number of thioether (sulfide) groups is 1. The van der Waals surface area contributed by atoms with Crippen molar-refractivity contribution >= 4 is 17.9 Å². The van der Waals surface area contributed by atoms with Crippen molar-refractivity contribution in [3.05, 3.63) is 36.4 Å². The molecule has 1 fully saturated rings. The Hall–Kier alpha value is -2.35. The average Bonchev–Trinajstić information content (AvgIpc) is 2.68. The van der Waals surface area contributed by atoms with E-state index < -0.39 is 6.09 Å². The van der Waals surface area contributed by atoms with Crippen LogP contribution in [0.4, 0.5) is 9.18 Å². The third-order valence-corrected chi connectivity index (χ3v) is 5.59. The fourth-order valence-corrected chi connectivity index (χ4v) is 3.62. The predicted molar refractivity (Wildman–Crippen MR) is 102 cm³/mol. The smallest absolute Gasteiger partial charge is 0.407 e. The van der Waals surface area contributed by atoms with Crippen LogP contribution in [0.25, 0.3) is 11.3 Å². The summed E-state index contributed by atoms with van der Waals surface area (Å²) in [7, 11) is 0. The molecule has 0 bridgehead atoms. The van der Waals surface area contributed by atoms with Crippen LogP contribution in [-0.4, -0.2) is 51.5 Å². The first kappa shape index (κ1) is 19.4. The Balaban J connectivity index is 1.62. The lowest BCUT2D eigenvalue weighted by molar-refractivity contribution is 0.0788. The van der Waals surface area contributed by atoms with E-state index in [1.54, 1.807) is 6.07 Å². The zero-order valence-electron chi connectivity index (χ0n) is 15.3. The predicted octanol–water partition coefficient (Wildman–Crippen LogP) is 4.16. The summed E-state index contributed by atoms with van der Waals surface area (Å²) in [6.45, 7) is 2.99. The largest absolute Gasteiger partial charge is 0.473 e. The van der Waals surface area contributed by atoms with Gasteiger partial charge in [-0.3, -0.25) is 0 Å². The lowest BCUT2D eigenvalue weighted by atomic mass is 9.92. The van der Waals surface area contributed by atoms with Gasteiger partial charge in [0.25, 0.3) is 0 Å². The molecule has 1 aliphatic heterocycles. The topological polar surface area (TPSA) is 75.5 Å². The van der Waals surface area contributed by atoms with E-state index in [0.29, 0.717) is 30.2 Å². The van der Waals surface area contributed by atoms with Crippen LogP contribution in [0.3, 0.4) is 0 Å². The van der Waals surface area contributed by atoms with Crippen LogP contribution < -0.4 is 4.74 Å². The first-order chi connectivity index (χ1) is 13.0. The van der Waals surface area contributed by atoms with Crippen LogP contribution in [0.2, 0.25) is 0 Å². The number of carboxylic acid groups (broad SMARTS) is 1. The minimum absolute atomic E-state index is 0.0984. The summed E-state index contributed by atoms with van der Waals surface area (Å²) >= 11 is 1.48. The molecule has 0 saturated carbocycles. The Morgan fingerprint density at radius 2 is 2.07 bits per heavy atom. The molecular weight excluding hydrogens is 369 g/mol. The molecule has 2 aromatic rings. The summed E-state index contributed by atoms with van der Waals surface area (Å²) in [6, 6.07) is 5.03. The van der Waals surface area contributed by atoms with Crippen LogP contribution >= 0.6 is 11.8 Å². The van der Waals surface area contributed by atoms with E-state index in [2.05, 4.69) is 9.97 Å². The lowest BCUT2D eigenvalue weighted by Crippen LogP contribution is -2.41. The third kappa shape index (κ3) is 4.68. The molecule has 1 atom stereocenters. The molecule has 1 N–H and O–H groups in total. The van der Waals surface area contributed by atoms with E-state index in [4.69, 9.17) is 9.84 Å². The molecule has 0 aliphatic carbocycles. The monoisotopic (exact) mass is 391 g/mol. The van der Waals surface area contributed by atoms with E-state index in [1.807, 2.05) is 19.2 Å². The van der Waals surface area contributed by atoms with Gasteiger partial charge in [-0.05, 0) is 50.1 Å². The molecule has 1 aromatic heterocycles. The Labute approximate surface area is 161 Å². The van der Waals surface area contributed by atoms with Gasteiger partial charge in [0.2, 0.25) is 5.88 Å². The highest BCUT2D eigenvalue weighted by molar-refractivity contribution is 7.98. The minimum Gasteiger partial charge on any atom is -0.473 e. The molecule has 8 heteroatoms. The number of ether oxygens (including phenoxy) is 1. The maximum Gasteiger partial charge on any atom is 0.407 e. The summed E-state index contributed by atoms with van der Waals surface area (Å²) in [6.07, 6.45) is 5.44. The van der Waals surface area contributed by atoms with Crippen LogP contribution in [0.5, 0.6) is 5.88 Å². The molecular formula is C19H22FN3O3S. The summed E-state index contributed by atoms with van der Waals surface area (Å²) in [5.41, 5.74) is 0.857. The van der Waals surface area contributed by atoms with Crippen molar-refractivity contribution in [1.82, 2.24) is 14.9 Å². The van der Waals surface area contributed by atoms with Gasteiger partial charge in [0.15, 0.2) is 0 Å². The van der Waals surface area contributed by atoms with Crippen LogP contribution in [0.1, 0.15) is 19.8 Å². The fraction of sp³-hybridized carbons (Fsp3) is 0.421. The van der Waals surface area contributed by atoms with Gasteiger partial charge in [0.05, 0.1) is 18.1 Å². The van der Waals surface area contributed by atoms with E-state index in [-0.39, 0.29) is 17.8 Å². The third-order valence-electron chi connectivity index (χ3n) is 4.86. The first-order valence-corrected chi connectivity index (χ1v) is 10.0.